The molecule has 0 atom stereocenters. The van der Waals surface area contributed by atoms with E-state index in [-0.39, 0.29) is 18.1 Å². The van der Waals surface area contributed by atoms with Crippen molar-refractivity contribution >= 4 is 11.8 Å². The molecular weight excluding hydrogens is 380 g/mol. The van der Waals surface area contributed by atoms with Crippen molar-refractivity contribution in [3.8, 4) is 11.3 Å². The fourth-order valence-corrected chi connectivity index (χ4v) is 4.39. The van der Waals surface area contributed by atoms with Crippen molar-refractivity contribution in [1.82, 2.24) is 20.3 Å². The number of rotatable bonds is 6. The van der Waals surface area contributed by atoms with Crippen LogP contribution < -0.4 is 5.32 Å². The maximum absolute atomic E-state index is 12.5. The van der Waals surface area contributed by atoms with Crippen molar-refractivity contribution in [3.05, 3.63) is 42.1 Å². The number of aromatic nitrogens is 1. The number of hydrogen-bond acceptors (Lipinski definition) is 5. The lowest BCUT2D eigenvalue weighted by molar-refractivity contribution is -0.131. The Balaban J connectivity index is 1.20. The van der Waals surface area contributed by atoms with E-state index in [0.717, 1.165) is 44.2 Å². The van der Waals surface area contributed by atoms with Gasteiger partial charge < -0.3 is 14.7 Å². The Morgan fingerprint density at radius 1 is 1.03 bits per heavy atom. The number of amides is 2. The highest BCUT2D eigenvalue weighted by Crippen LogP contribution is 2.24. The summed E-state index contributed by atoms with van der Waals surface area (Å²) >= 11 is 0. The number of benzene rings is 1. The topological polar surface area (TPSA) is 78.7 Å². The first-order valence-corrected chi connectivity index (χ1v) is 11.0. The summed E-state index contributed by atoms with van der Waals surface area (Å²) in [6, 6.07) is 11.1. The molecule has 1 aliphatic carbocycles. The smallest absolute Gasteiger partial charge is 0.273 e. The first kappa shape index (κ1) is 20.6. The van der Waals surface area contributed by atoms with Crippen LogP contribution in [0, 0.1) is 5.92 Å². The van der Waals surface area contributed by atoms with Gasteiger partial charge in [-0.15, -0.1) is 0 Å². The molecule has 2 amide bonds. The maximum atomic E-state index is 12.5. The van der Waals surface area contributed by atoms with Gasteiger partial charge in [-0.3, -0.25) is 14.5 Å². The van der Waals surface area contributed by atoms with Gasteiger partial charge in [-0.25, -0.2) is 0 Å². The number of carbonyl (C=O) groups excluding carboxylic acids is 2. The minimum atomic E-state index is -0.398. The quantitative estimate of drug-likeness (QED) is 0.792. The highest BCUT2D eigenvalue weighted by Gasteiger charge is 2.24. The van der Waals surface area contributed by atoms with Crippen molar-refractivity contribution in [2.75, 3.05) is 39.3 Å². The Kier molecular flexibility index (Phi) is 6.79. The third-order valence-corrected chi connectivity index (χ3v) is 6.17. The molecule has 1 N–H and O–H groups in total. The predicted octanol–water partition coefficient (Wildman–Crippen LogP) is 2.80. The SMILES string of the molecule is O=C(NCC(=O)N1CCN(CC2CCCCC2)CC1)c1cc(-c2ccccc2)on1. The number of hydrogen-bond donors (Lipinski definition) is 1. The number of nitrogens with zero attached hydrogens (tertiary/aromatic N) is 3. The van der Waals surface area contributed by atoms with Gasteiger partial charge in [0, 0.05) is 44.4 Å². The van der Waals surface area contributed by atoms with Gasteiger partial charge >= 0.3 is 0 Å². The summed E-state index contributed by atoms with van der Waals surface area (Å²) in [5.74, 6) is 0.905. The molecule has 2 heterocycles. The predicted molar refractivity (Wildman–Crippen MR) is 114 cm³/mol. The lowest BCUT2D eigenvalue weighted by Gasteiger charge is -2.37. The molecule has 1 aromatic carbocycles. The molecule has 0 bridgehead atoms. The van der Waals surface area contributed by atoms with Gasteiger partial charge in [-0.1, -0.05) is 54.8 Å². The van der Waals surface area contributed by atoms with Gasteiger partial charge in [0.1, 0.15) is 0 Å². The normalized spacial score (nSPS) is 18.3. The van der Waals surface area contributed by atoms with Gasteiger partial charge in [0.05, 0.1) is 6.54 Å². The molecule has 0 unspecified atom stereocenters. The number of piperazine rings is 1. The zero-order chi connectivity index (χ0) is 20.8. The lowest BCUT2D eigenvalue weighted by Crippen LogP contribution is -2.52. The van der Waals surface area contributed by atoms with Crippen LogP contribution in [-0.4, -0.2) is 66.0 Å². The van der Waals surface area contributed by atoms with E-state index < -0.39 is 5.91 Å². The molecular formula is C23H30N4O3. The zero-order valence-corrected chi connectivity index (χ0v) is 17.4. The van der Waals surface area contributed by atoms with Crippen molar-refractivity contribution in [2.24, 2.45) is 5.92 Å². The largest absolute Gasteiger partial charge is 0.355 e. The summed E-state index contributed by atoms with van der Waals surface area (Å²) in [4.78, 5) is 29.2. The number of carbonyl (C=O) groups is 2. The summed E-state index contributed by atoms with van der Waals surface area (Å²) in [6.07, 6.45) is 6.80. The first-order chi connectivity index (χ1) is 14.7. The van der Waals surface area contributed by atoms with Crippen LogP contribution in [0.25, 0.3) is 11.3 Å². The van der Waals surface area contributed by atoms with Crippen LogP contribution in [0.5, 0.6) is 0 Å². The monoisotopic (exact) mass is 410 g/mol. The average Bonchev–Trinajstić information content (AvgIpc) is 3.30. The molecule has 2 fully saturated rings. The van der Waals surface area contributed by atoms with Crippen LogP contribution in [-0.2, 0) is 4.79 Å². The van der Waals surface area contributed by atoms with Crippen molar-refractivity contribution < 1.29 is 14.1 Å². The molecule has 1 saturated carbocycles. The van der Waals surface area contributed by atoms with Crippen LogP contribution in [0.1, 0.15) is 42.6 Å². The standard InChI is InChI=1S/C23H30N4O3/c28-22(27-13-11-26(12-14-27)17-18-7-3-1-4-8-18)16-24-23(29)20-15-21(30-25-20)19-9-5-2-6-10-19/h2,5-6,9-10,15,18H,1,3-4,7-8,11-14,16-17H2,(H,24,29). The molecule has 7 nitrogen and oxygen atoms in total. The third-order valence-electron chi connectivity index (χ3n) is 6.17. The van der Waals surface area contributed by atoms with Crippen LogP contribution in [0.3, 0.4) is 0 Å². The molecule has 2 aromatic rings. The summed E-state index contributed by atoms with van der Waals surface area (Å²) in [5, 5.41) is 6.50. The van der Waals surface area contributed by atoms with Gasteiger partial charge in [0.2, 0.25) is 5.91 Å². The summed E-state index contributed by atoms with van der Waals surface area (Å²) in [6.45, 7) is 4.43. The molecule has 0 radical (unpaired) electrons. The van der Waals surface area contributed by atoms with Gasteiger partial charge in [0.15, 0.2) is 11.5 Å². The second-order valence-electron chi connectivity index (χ2n) is 8.31. The fraction of sp³-hybridized carbons (Fsp3) is 0.522. The Bertz CT molecular complexity index is 837. The van der Waals surface area contributed by atoms with E-state index in [1.807, 2.05) is 35.2 Å². The minimum absolute atomic E-state index is 0.0189. The van der Waals surface area contributed by atoms with Crippen LogP contribution in [0.4, 0.5) is 0 Å². The molecule has 30 heavy (non-hydrogen) atoms. The van der Waals surface area contributed by atoms with E-state index in [0.29, 0.717) is 5.76 Å². The third kappa shape index (κ3) is 5.27. The van der Waals surface area contributed by atoms with Crippen LogP contribution in [0.15, 0.2) is 40.9 Å². The zero-order valence-electron chi connectivity index (χ0n) is 17.4. The second-order valence-corrected chi connectivity index (χ2v) is 8.31. The van der Waals surface area contributed by atoms with E-state index in [1.54, 1.807) is 6.07 Å². The summed E-state index contributed by atoms with van der Waals surface area (Å²) < 4.78 is 5.26. The molecule has 2 aliphatic rings. The van der Waals surface area contributed by atoms with E-state index in [1.165, 1.54) is 32.1 Å². The van der Waals surface area contributed by atoms with E-state index >= 15 is 0 Å². The van der Waals surface area contributed by atoms with Crippen molar-refractivity contribution in [2.45, 2.75) is 32.1 Å². The van der Waals surface area contributed by atoms with Crippen LogP contribution in [0.2, 0.25) is 0 Å². The first-order valence-electron chi connectivity index (χ1n) is 11.0. The molecule has 1 aromatic heterocycles. The Hall–Kier alpha value is -2.67. The Morgan fingerprint density at radius 3 is 2.50 bits per heavy atom. The second kappa shape index (κ2) is 9.89. The Labute approximate surface area is 177 Å². The fourth-order valence-electron chi connectivity index (χ4n) is 4.39. The average molecular weight is 411 g/mol. The highest BCUT2D eigenvalue weighted by molar-refractivity contribution is 5.95. The number of nitrogens with one attached hydrogen (secondary N) is 1. The van der Waals surface area contributed by atoms with E-state index in [4.69, 9.17) is 4.52 Å². The minimum Gasteiger partial charge on any atom is -0.355 e. The van der Waals surface area contributed by atoms with E-state index in [2.05, 4.69) is 15.4 Å². The van der Waals surface area contributed by atoms with Gasteiger partial charge in [-0.2, -0.15) is 0 Å². The maximum Gasteiger partial charge on any atom is 0.273 e. The molecule has 4 rings (SSSR count). The molecule has 160 valence electrons. The summed E-state index contributed by atoms with van der Waals surface area (Å²) in [5.41, 5.74) is 1.03. The van der Waals surface area contributed by atoms with Crippen molar-refractivity contribution in [1.29, 1.82) is 0 Å². The lowest BCUT2D eigenvalue weighted by atomic mass is 9.89. The van der Waals surface area contributed by atoms with E-state index in [9.17, 15) is 9.59 Å². The molecule has 1 saturated heterocycles. The highest BCUT2D eigenvalue weighted by atomic mass is 16.5. The summed E-state index contributed by atoms with van der Waals surface area (Å²) in [7, 11) is 0. The van der Waals surface area contributed by atoms with Gasteiger partial charge in [0.25, 0.3) is 5.91 Å². The molecule has 0 spiro atoms. The molecule has 1 aliphatic heterocycles. The Morgan fingerprint density at radius 2 is 1.77 bits per heavy atom. The van der Waals surface area contributed by atoms with Gasteiger partial charge in [-0.05, 0) is 18.8 Å². The van der Waals surface area contributed by atoms with Crippen LogP contribution >= 0.6 is 0 Å². The van der Waals surface area contributed by atoms with Crippen molar-refractivity contribution in [3.63, 3.8) is 0 Å². The molecule has 7 heteroatoms.